The summed E-state index contributed by atoms with van der Waals surface area (Å²) in [5, 5.41) is 3.79. The molecule has 0 aromatic heterocycles. The van der Waals surface area contributed by atoms with Crippen molar-refractivity contribution in [3.05, 3.63) is 0 Å². The lowest BCUT2D eigenvalue weighted by Crippen LogP contribution is -2.31. The molecule has 0 aromatic carbocycles. The van der Waals surface area contributed by atoms with Crippen molar-refractivity contribution in [2.45, 2.75) is 26.3 Å². The number of nitrogens with one attached hydrogen (secondary N) is 1. The van der Waals surface area contributed by atoms with E-state index in [0.29, 0.717) is 17.1 Å². The van der Waals surface area contributed by atoms with Crippen LogP contribution in [0.15, 0.2) is 4.99 Å². The predicted molar refractivity (Wildman–Crippen MR) is 52.5 cm³/mol. The van der Waals surface area contributed by atoms with Crippen LogP contribution in [0.3, 0.4) is 0 Å². The van der Waals surface area contributed by atoms with Crippen molar-refractivity contribution >= 4 is 16.9 Å². The molecule has 1 unspecified atom stereocenters. The average molecular weight is 208 g/mol. The third-order valence-corrected chi connectivity index (χ3v) is 2.93. The van der Waals surface area contributed by atoms with E-state index in [2.05, 4.69) is 24.2 Å². The van der Waals surface area contributed by atoms with Gasteiger partial charge in [0.1, 0.15) is 6.54 Å². The summed E-state index contributed by atoms with van der Waals surface area (Å²) in [6.45, 7) is 3.82. The van der Waals surface area contributed by atoms with Gasteiger partial charge in [-0.3, -0.25) is 4.99 Å². The van der Waals surface area contributed by atoms with Crippen LogP contribution < -0.4 is 5.32 Å². The molecule has 0 radical (unpaired) electrons. The average Bonchev–Trinajstić information content (AvgIpc) is 2.48. The van der Waals surface area contributed by atoms with Gasteiger partial charge in [0.25, 0.3) is 6.43 Å². The number of halogens is 2. The van der Waals surface area contributed by atoms with Crippen LogP contribution in [0.5, 0.6) is 0 Å². The Bertz CT molecular complexity index is 195. The third kappa shape index (κ3) is 3.50. The van der Waals surface area contributed by atoms with Gasteiger partial charge >= 0.3 is 0 Å². The summed E-state index contributed by atoms with van der Waals surface area (Å²) < 4.78 is 23.6. The molecular formula is C8H14F2N2S. The van der Waals surface area contributed by atoms with Gasteiger partial charge in [-0.15, -0.1) is 0 Å². The smallest absolute Gasteiger partial charge is 0.257 e. The van der Waals surface area contributed by atoms with E-state index in [1.807, 2.05) is 0 Å². The molecule has 2 nitrogen and oxygen atoms in total. The predicted octanol–water partition coefficient (Wildman–Crippen LogP) is 1.97. The van der Waals surface area contributed by atoms with Gasteiger partial charge in [-0.25, -0.2) is 8.78 Å². The fraction of sp³-hybridized carbons (Fsp3) is 0.875. The minimum absolute atomic E-state index is 0.376. The summed E-state index contributed by atoms with van der Waals surface area (Å²) in [4.78, 5) is 3.77. The zero-order valence-corrected chi connectivity index (χ0v) is 8.57. The number of amidine groups is 1. The minimum atomic E-state index is -2.34. The van der Waals surface area contributed by atoms with E-state index in [1.54, 1.807) is 0 Å². The molecule has 0 spiro atoms. The molecule has 1 heterocycles. The lowest BCUT2D eigenvalue weighted by molar-refractivity contribution is 0.159. The highest BCUT2D eigenvalue weighted by molar-refractivity contribution is 8.14. The van der Waals surface area contributed by atoms with Crippen molar-refractivity contribution in [2.75, 3.05) is 12.3 Å². The number of nitrogens with zero attached hydrogens (tertiary/aromatic N) is 1. The zero-order valence-electron chi connectivity index (χ0n) is 7.76. The molecule has 0 saturated carbocycles. The van der Waals surface area contributed by atoms with Crippen LogP contribution in [0.2, 0.25) is 0 Å². The van der Waals surface area contributed by atoms with Crippen molar-refractivity contribution in [1.29, 1.82) is 0 Å². The topological polar surface area (TPSA) is 24.4 Å². The Morgan fingerprint density at radius 3 is 2.77 bits per heavy atom. The van der Waals surface area contributed by atoms with E-state index in [4.69, 9.17) is 0 Å². The van der Waals surface area contributed by atoms with Crippen molar-refractivity contribution in [1.82, 2.24) is 5.32 Å². The molecule has 0 aromatic rings. The summed E-state index contributed by atoms with van der Waals surface area (Å²) in [5.74, 6) is 1.45. The van der Waals surface area contributed by atoms with Crippen LogP contribution in [-0.4, -0.2) is 29.9 Å². The molecule has 1 rings (SSSR count). The first-order valence-corrected chi connectivity index (χ1v) is 5.30. The van der Waals surface area contributed by atoms with Gasteiger partial charge < -0.3 is 5.32 Å². The molecule has 0 bridgehead atoms. The van der Waals surface area contributed by atoms with E-state index in [0.717, 1.165) is 5.75 Å². The Balaban J connectivity index is 2.36. The normalized spacial score (nSPS) is 26.0. The maximum absolute atomic E-state index is 11.8. The molecule has 1 aliphatic rings. The summed E-state index contributed by atoms with van der Waals surface area (Å²) in [7, 11) is 0. The summed E-state index contributed by atoms with van der Waals surface area (Å²) in [6.07, 6.45) is -2.34. The standard InChI is InChI=1S/C8H14F2N2S/c1-5(2)6-4-13-8(12-6)11-3-7(9)10/h5-7H,3-4H2,1-2H3,(H,11,12). The molecule has 76 valence electrons. The summed E-state index contributed by atoms with van der Waals surface area (Å²) in [5.41, 5.74) is 0. The monoisotopic (exact) mass is 208 g/mol. The minimum Gasteiger partial charge on any atom is -0.361 e. The number of hydrogen-bond acceptors (Lipinski definition) is 2. The van der Waals surface area contributed by atoms with E-state index in [-0.39, 0.29) is 6.54 Å². The Labute approximate surface area is 81.2 Å². The number of alkyl halides is 2. The number of hydrogen-bond donors (Lipinski definition) is 1. The summed E-state index contributed by atoms with van der Waals surface area (Å²) in [6, 6.07) is 0.376. The molecule has 1 fully saturated rings. The van der Waals surface area contributed by atoms with Crippen LogP contribution in [-0.2, 0) is 0 Å². The molecule has 1 atom stereocenters. The largest absolute Gasteiger partial charge is 0.361 e. The van der Waals surface area contributed by atoms with Gasteiger partial charge in [0.05, 0.1) is 0 Å². The highest BCUT2D eigenvalue weighted by atomic mass is 32.2. The first kappa shape index (κ1) is 10.8. The van der Waals surface area contributed by atoms with Crippen molar-refractivity contribution in [2.24, 2.45) is 10.9 Å². The zero-order chi connectivity index (χ0) is 9.84. The van der Waals surface area contributed by atoms with E-state index in [1.165, 1.54) is 11.8 Å². The fourth-order valence-corrected chi connectivity index (χ4v) is 2.22. The van der Waals surface area contributed by atoms with Gasteiger partial charge in [0, 0.05) is 11.8 Å². The van der Waals surface area contributed by atoms with Gasteiger partial charge in [0.15, 0.2) is 5.17 Å². The maximum atomic E-state index is 11.8. The van der Waals surface area contributed by atoms with E-state index in [9.17, 15) is 8.78 Å². The van der Waals surface area contributed by atoms with Gasteiger partial charge in [0.2, 0.25) is 0 Å². The summed E-state index contributed by atoms with van der Waals surface area (Å²) >= 11 is 1.53. The van der Waals surface area contributed by atoms with E-state index < -0.39 is 6.43 Å². The molecule has 0 aliphatic carbocycles. The Kier molecular flexibility index (Phi) is 3.96. The molecular weight excluding hydrogens is 194 g/mol. The van der Waals surface area contributed by atoms with Crippen molar-refractivity contribution < 1.29 is 8.78 Å². The molecule has 1 saturated heterocycles. The first-order chi connectivity index (χ1) is 6.09. The van der Waals surface area contributed by atoms with Crippen LogP contribution in [0.25, 0.3) is 0 Å². The van der Waals surface area contributed by atoms with Gasteiger partial charge in [-0.05, 0) is 5.92 Å². The second kappa shape index (κ2) is 4.79. The highest BCUT2D eigenvalue weighted by Crippen LogP contribution is 2.19. The van der Waals surface area contributed by atoms with Crippen LogP contribution >= 0.6 is 11.8 Å². The highest BCUT2D eigenvalue weighted by Gasteiger charge is 2.22. The second-order valence-corrected chi connectivity index (χ2v) is 4.35. The number of thioether (sulfide) groups is 1. The number of aliphatic imine (C=N–C) groups is 1. The second-order valence-electron chi connectivity index (χ2n) is 3.34. The van der Waals surface area contributed by atoms with Gasteiger partial charge in [-0.1, -0.05) is 25.6 Å². The third-order valence-electron chi connectivity index (χ3n) is 1.89. The number of rotatable bonds is 3. The SMILES string of the molecule is CC(C)C1CSC(=NCC(F)F)N1. The molecule has 13 heavy (non-hydrogen) atoms. The molecule has 5 heteroatoms. The van der Waals surface area contributed by atoms with Crippen LogP contribution in [0, 0.1) is 5.92 Å². The fourth-order valence-electron chi connectivity index (χ4n) is 1.01. The Hall–Kier alpha value is -0.320. The van der Waals surface area contributed by atoms with Crippen LogP contribution in [0.1, 0.15) is 13.8 Å². The first-order valence-electron chi connectivity index (χ1n) is 4.31. The lowest BCUT2D eigenvalue weighted by Gasteiger charge is -2.12. The lowest BCUT2D eigenvalue weighted by atomic mass is 10.1. The van der Waals surface area contributed by atoms with E-state index >= 15 is 0 Å². The van der Waals surface area contributed by atoms with Crippen molar-refractivity contribution in [3.8, 4) is 0 Å². The van der Waals surface area contributed by atoms with Crippen LogP contribution in [0.4, 0.5) is 8.78 Å². The Morgan fingerprint density at radius 2 is 2.31 bits per heavy atom. The molecule has 0 amide bonds. The maximum Gasteiger partial charge on any atom is 0.257 e. The van der Waals surface area contributed by atoms with Gasteiger partial charge in [-0.2, -0.15) is 0 Å². The molecule has 1 N–H and O–H groups in total. The molecule has 1 aliphatic heterocycles. The van der Waals surface area contributed by atoms with Crippen molar-refractivity contribution in [3.63, 3.8) is 0 Å². The quantitative estimate of drug-likeness (QED) is 0.766. The Morgan fingerprint density at radius 1 is 1.62 bits per heavy atom.